The summed E-state index contributed by atoms with van der Waals surface area (Å²) in [4.78, 5) is 128. The number of aliphatic hydroxyl groups excluding tert-OH is 1. The van der Waals surface area contributed by atoms with E-state index in [0.29, 0.717) is 16.7 Å². The maximum atomic E-state index is 13.9. The number of carboxylic acid groups (broad SMARTS) is 3. The number of aliphatic carboxylic acids is 3. The van der Waals surface area contributed by atoms with Gasteiger partial charge in [-0.3, -0.25) is 43.2 Å². The average Bonchev–Trinajstić information content (AvgIpc) is 3.24. The lowest BCUT2D eigenvalue weighted by Gasteiger charge is -2.28. The van der Waals surface area contributed by atoms with Crippen LogP contribution in [0.2, 0.25) is 0 Å². The lowest BCUT2D eigenvalue weighted by Crippen LogP contribution is -2.61. The molecule has 0 bridgehead atoms. The molecule has 8 atom stereocenters. The van der Waals surface area contributed by atoms with E-state index in [-0.39, 0.29) is 19.3 Å². The first-order chi connectivity index (χ1) is 30.7. The van der Waals surface area contributed by atoms with Crippen LogP contribution in [0.1, 0.15) is 50.3 Å². The van der Waals surface area contributed by atoms with Crippen molar-refractivity contribution in [2.45, 2.75) is 101 Å². The number of carboxylic acids is 3. The highest BCUT2D eigenvalue weighted by atomic mass is 16.4. The minimum Gasteiger partial charge on any atom is -0.481 e. The van der Waals surface area contributed by atoms with Crippen LogP contribution in [0.25, 0.3) is 0 Å². The maximum Gasteiger partial charge on any atom is 0.326 e. The van der Waals surface area contributed by atoms with E-state index in [0.717, 1.165) is 6.92 Å². The van der Waals surface area contributed by atoms with Crippen molar-refractivity contribution in [3.05, 3.63) is 108 Å². The van der Waals surface area contributed by atoms with Gasteiger partial charge in [-0.25, -0.2) is 4.79 Å². The lowest BCUT2D eigenvalue weighted by molar-refractivity contribution is -0.143. The molecule has 3 rings (SSSR count). The van der Waals surface area contributed by atoms with Gasteiger partial charge in [0.1, 0.15) is 42.3 Å². The van der Waals surface area contributed by atoms with Gasteiger partial charge in [-0.15, -0.1) is 0 Å². The largest absolute Gasteiger partial charge is 0.481 e. The lowest BCUT2D eigenvalue weighted by atomic mass is 10.0. The molecule has 0 spiro atoms. The Morgan fingerprint density at radius 3 is 1.17 bits per heavy atom. The second kappa shape index (κ2) is 25.4. The van der Waals surface area contributed by atoms with Crippen LogP contribution in [-0.2, 0) is 67.2 Å². The average molecular weight is 904 g/mol. The molecule has 3 aromatic rings. The van der Waals surface area contributed by atoms with Crippen LogP contribution >= 0.6 is 0 Å². The molecule has 3 aromatic carbocycles. The molecule has 0 saturated carbocycles. The van der Waals surface area contributed by atoms with Gasteiger partial charge in [-0.2, -0.15) is 0 Å². The Balaban J connectivity index is 1.79. The standard InChI is InChI=1S/C44H53N7O14/c1-24(38(58)47-33(23-36(56)57)41(61)50-34(44(64)65)21-29-17-11-6-12-18-29)45-39(59)32(22-35(54)55)48-40(60)31(20-28-15-9-5-10-16-28)49-43(63)37(25(2)52)51-42(62)30(46-26(3)53)19-27-13-7-4-8-14-27/h4-18,24-25,30-34,37,52H,19-23H2,1-3H3,(H,45,59)(H,46,53)(H,47,58)(H,48,60)(H,49,63)(H,50,61)(H,51,62)(H,54,55)(H,56,57)(H,64,65)/t24-,25-,30-,31-,32-,33-,34-,37-/m0/s1. The summed E-state index contributed by atoms with van der Waals surface area (Å²) in [5, 5.41) is 55.6. The van der Waals surface area contributed by atoms with E-state index in [1.54, 1.807) is 91.0 Å². The van der Waals surface area contributed by atoms with Gasteiger partial charge in [0.15, 0.2) is 0 Å². The number of hydrogen-bond donors (Lipinski definition) is 11. The molecule has 21 heteroatoms. The zero-order valence-electron chi connectivity index (χ0n) is 35.7. The monoisotopic (exact) mass is 903 g/mol. The van der Waals surface area contributed by atoms with Crippen molar-refractivity contribution in [2.75, 3.05) is 0 Å². The number of carbonyl (C=O) groups excluding carboxylic acids is 7. The van der Waals surface area contributed by atoms with Crippen molar-refractivity contribution in [3.8, 4) is 0 Å². The Morgan fingerprint density at radius 1 is 0.431 bits per heavy atom. The highest BCUT2D eigenvalue weighted by Crippen LogP contribution is 2.10. The number of carbonyl (C=O) groups is 10. The summed E-state index contributed by atoms with van der Waals surface area (Å²) < 4.78 is 0. The first-order valence-corrected chi connectivity index (χ1v) is 20.3. The third-order valence-corrected chi connectivity index (χ3v) is 9.63. The van der Waals surface area contributed by atoms with Crippen molar-refractivity contribution in [2.24, 2.45) is 0 Å². The minimum absolute atomic E-state index is 0.0212. The highest BCUT2D eigenvalue weighted by Gasteiger charge is 2.35. The number of amides is 7. The summed E-state index contributed by atoms with van der Waals surface area (Å²) in [6, 6.07) is 13.7. The van der Waals surface area contributed by atoms with E-state index < -0.39 is 120 Å². The van der Waals surface area contributed by atoms with Crippen LogP contribution in [0.15, 0.2) is 91.0 Å². The van der Waals surface area contributed by atoms with Crippen LogP contribution in [0.4, 0.5) is 0 Å². The quantitative estimate of drug-likeness (QED) is 0.0464. The van der Waals surface area contributed by atoms with Crippen LogP contribution < -0.4 is 37.2 Å². The van der Waals surface area contributed by atoms with Crippen molar-refractivity contribution in [3.63, 3.8) is 0 Å². The number of nitrogens with one attached hydrogen (secondary N) is 7. The Morgan fingerprint density at radius 2 is 0.769 bits per heavy atom. The predicted molar refractivity (Wildman–Crippen MR) is 229 cm³/mol. The van der Waals surface area contributed by atoms with E-state index in [2.05, 4.69) is 37.2 Å². The Bertz CT molecular complexity index is 2160. The molecule has 0 aliphatic carbocycles. The van der Waals surface area contributed by atoms with Gasteiger partial charge in [-0.05, 0) is 30.5 Å². The SMILES string of the molecule is CC(=O)N[C@@H](Cc1ccccc1)C(=O)N[C@H](C(=O)N[C@@H](Cc1ccccc1)C(=O)N[C@@H](CC(=O)O)C(=O)N[C@@H](C)C(=O)N[C@@H](CC(=O)O)C(=O)N[C@@H](Cc1ccccc1)C(=O)O)[C@H](C)O. The van der Waals surface area contributed by atoms with Crippen LogP contribution in [-0.4, -0.2) is 128 Å². The summed E-state index contributed by atoms with van der Waals surface area (Å²) in [5.74, 6) is -11.6. The maximum absolute atomic E-state index is 13.9. The fourth-order valence-electron chi connectivity index (χ4n) is 6.32. The summed E-state index contributed by atoms with van der Waals surface area (Å²) in [5.41, 5.74) is 1.69. The Labute approximate surface area is 373 Å². The van der Waals surface area contributed by atoms with E-state index in [4.69, 9.17) is 0 Å². The molecule has 21 nitrogen and oxygen atoms in total. The first-order valence-electron chi connectivity index (χ1n) is 20.3. The normalized spacial score (nSPS) is 14.5. The number of aliphatic hydroxyl groups is 1. The Kier molecular flexibility index (Phi) is 20.2. The molecule has 0 aliphatic rings. The second-order valence-electron chi connectivity index (χ2n) is 15.1. The minimum atomic E-state index is -1.90. The summed E-state index contributed by atoms with van der Waals surface area (Å²) in [6.07, 6.45) is -4.00. The van der Waals surface area contributed by atoms with Crippen molar-refractivity contribution in [1.82, 2.24) is 37.2 Å². The van der Waals surface area contributed by atoms with Crippen LogP contribution in [0.3, 0.4) is 0 Å². The topological polar surface area (TPSA) is 336 Å². The molecule has 0 aliphatic heterocycles. The molecule has 0 saturated heterocycles. The molecule has 0 fully saturated rings. The van der Waals surface area contributed by atoms with Gasteiger partial charge in [0.05, 0.1) is 18.9 Å². The van der Waals surface area contributed by atoms with Crippen molar-refractivity contribution >= 4 is 59.3 Å². The molecule has 0 aromatic heterocycles. The summed E-state index contributed by atoms with van der Waals surface area (Å²) in [7, 11) is 0. The van der Waals surface area contributed by atoms with Gasteiger partial charge in [0.2, 0.25) is 41.4 Å². The number of hydrogen-bond acceptors (Lipinski definition) is 11. The van der Waals surface area contributed by atoms with Crippen LogP contribution in [0.5, 0.6) is 0 Å². The zero-order chi connectivity index (χ0) is 48.2. The molecule has 65 heavy (non-hydrogen) atoms. The van der Waals surface area contributed by atoms with Gasteiger partial charge in [0, 0.05) is 26.2 Å². The molecule has 0 heterocycles. The fraction of sp³-hybridized carbons (Fsp3) is 0.364. The van der Waals surface area contributed by atoms with Gasteiger partial charge >= 0.3 is 17.9 Å². The van der Waals surface area contributed by atoms with Gasteiger partial charge < -0.3 is 57.6 Å². The van der Waals surface area contributed by atoms with E-state index in [1.807, 2.05) is 0 Å². The van der Waals surface area contributed by atoms with Crippen molar-refractivity contribution < 1.29 is 68.4 Å². The number of benzene rings is 3. The van der Waals surface area contributed by atoms with Gasteiger partial charge in [0.25, 0.3) is 0 Å². The van der Waals surface area contributed by atoms with E-state index in [1.165, 1.54) is 13.8 Å². The fourth-order valence-corrected chi connectivity index (χ4v) is 6.32. The molecular weight excluding hydrogens is 851 g/mol. The second-order valence-corrected chi connectivity index (χ2v) is 15.1. The third kappa shape index (κ3) is 17.9. The van der Waals surface area contributed by atoms with Crippen molar-refractivity contribution in [1.29, 1.82) is 0 Å². The molecule has 11 N–H and O–H groups in total. The summed E-state index contributed by atoms with van der Waals surface area (Å²) >= 11 is 0. The predicted octanol–water partition coefficient (Wildman–Crippen LogP) is -1.44. The van der Waals surface area contributed by atoms with E-state index in [9.17, 15) is 68.4 Å². The molecule has 348 valence electrons. The smallest absolute Gasteiger partial charge is 0.326 e. The van der Waals surface area contributed by atoms with E-state index >= 15 is 0 Å². The molecule has 0 unspecified atom stereocenters. The number of rotatable bonds is 25. The third-order valence-electron chi connectivity index (χ3n) is 9.63. The zero-order valence-corrected chi connectivity index (χ0v) is 35.7. The Hall–Kier alpha value is -7.68. The highest BCUT2D eigenvalue weighted by molar-refractivity contribution is 5.99. The van der Waals surface area contributed by atoms with Crippen LogP contribution in [0, 0.1) is 0 Å². The summed E-state index contributed by atoms with van der Waals surface area (Å²) in [6.45, 7) is 3.50. The van der Waals surface area contributed by atoms with Gasteiger partial charge in [-0.1, -0.05) is 91.0 Å². The molecular formula is C44H53N7O14. The molecule has 7 amide bonds. The first kappa shape index (κ1) is 51.7. The molecule has 0 radical (unpaired) electrons.